The van der Waals surface area contributed by atoms with Crippen molar-refractivity contribution in [1.82, 2.24) is 0 Å². The summed E-state index contributed by atoms with van der Waals surface area (Å²) in [4.78, 5) is 3.98. The molecule has 1 atom stereocenters. The molecule has 70 heavy (non-hydrogen) atoms. The molecular weight excluding hydrogens is 863 g/mol. The molecule has 12 aromatic rings. The molecule has 0 aliphatic heterocycles. The highest BCUT2D eigenvalue weighted by Crippen LogP contribution is 2.56. The second-order valence-corrected chi connectivity index (χ2v) is 21.3. The SMILES string of the molecule is CC1(C)c2ccccc2-c2cc(-c3cccc(N(c4ccc(-c5ccc6c(c5)-c5cccc7c5CCC6c5sc6ccccc6c5-7)cc4)c4ccc5c6ccccc6c6ccccc6c5c4)c3)ccc21. The summed E-state index contributed by atoms with van der Waals surface area (Å²) >= 11 is 2.00. The molecule has 2 heteroatoms. The number of anilines is 3. The highest BCUT2D eigenvalue weighted by Gasteiger charge is 2.36. The molecule has 2 bridgehead atoms. The number of nitrogens with zero attached hydrogens (tertiary/aromatic N) is 1. The zero-order valence-corrected chi connectivity index (χ0v) is 39.9. The first-order valence-corrected chi connectivity index (χ1v) is 25.6. The van der Waals surface area contributed by atoms with E-state index in [-0.39, 0.29) is 5.41 Å². The van der Waals surface area contributed by atoms with Crippen molar-refractivity contribution in [2.75, 3.05) is 4.90 Å². The molecule has 0 radical (unpaired) electrons. The second kappa shape index (κ2) is 15.0. The lowest BCUT2D eigenvalue weighted by atomic mass is 9.82. The van der Waals surface area contributed by atoms with E-state index in [9.17, 15) is 0 Å². The van der Waals surface area contributed by atoms with E-state index in [1.54, 1.807) is 0 Å². The van der Waals surface area contributed by atoms with Gasteiger partial charge in [-0.15, -0.1) is 11.3 Å². The molecule has 330 valence electrons. The first kappa shape index (κ1) is 39.9. The van der Waals surface area contributed by atoms with Crippen molar-refractivity contribution < 1.29 is 0 Å². The van der Waals surface area contributed by atoms with Crippen molar-refractivity contribution >= 4 is 70.8 Å². The van der Waals surface area contributed by atoms with Gasteiger partial charge in [0.05, 0.1) is 0 Å². The third kappa shape index (κ3) is 5.78. The Balaban J connectivity index is 0.868. The summed E-state index contributed by atoms with van der Waals surface area (Å²) in [5, 5.41) is 9.05. The third-order valence-electron chi connectivity index (χ3n) is 16.3. The Kier molecular flexibility index (Phi) is 8.54. The van der Waals surface area contributed by atoms with Crippen LogP contribution in [0.5, 0.6) is 0 Å². The maximum absolute atomic E-state index is 2.49. The van der Waals surface area contributed by atoms with Crippen LogP contribution < -0.4 is 4.90 Å². The van der Waals surface area contributed by atoms with E-state index in [4.69, 9.17) is 0 Å². The number of rotatable bonds is 5. The lowest BCUT2D eigenvalue weighted by Crippen LogP contribution is -2.14. The highest BCUT2D eigenvalue weighted by molar-refractivity contribution is 7.19. The van der Waals surface area contributed by atoms with E-state index in [0.29, 0.717) is 5.92 Å². The van der Waals surface area contributed by atoms with Crippen molar-refractivity contribution in [3.63, 3.8) is 0 Å². The monoisotopic (exact) mass is 909 g/mol. The van der Waals surface area contributed by atoms with Gasteiger partial charge in [-0.2, -0.15) is 0 Å². The van der Waals surface area contributed by atoms with E-state index in [1.807, 2.05) is 11.3 Å². The molecule has 0 N–H and O–H groups in total. The van der Waals surface area contributed by atoms with Gasteiger partial charge in [-0.25, -0.2) is 0 Å². The van der Waals surface area contributed by atoms with Gasteiger partial charge in [0, 0.05) is 48.9 Å². The van der Waals surface area contributed by atoms with Crippen molar-refractivity contribution in [2.24, 2.45) is 0 Å². The van der Waals surface area contributed by atoms with Crippen molar-refractivity contribution in [3.05, 3.63) is 246 Å². The summed E-state index contributed by atoms with van der Waals surface area (Å²) in [5.74, 6) is 0.379. The van der Waals surface area contributed by atoms with Crippen LogP contribution in [-0.2, 0) is 11.8 Å². The Morgan fingerprint density at radius 1 is 0.400 bits per heavy atom. The third-order valence-corrected chi connectivity index (χ3v) is 17.5. The summed E-state index contributed by atoms with van der Waals surface area (Å²) in [6.45, 7) is 4.71. The minimum Gasteiger partial charge on any atom is -0.310 e. The molecule has 11 aromatic carbocycles. The average molecular weight is 910 g/mol. The Morgan fingerprint density at radius 3 is 1.79 bits per heavy atom. The van der Waals surface area contributed by atoms with Gasteiger partial charge in [-0.3, -0.25) is 0 Å². The minimum absolute atomic E-state index is 0.0341. The molecule has 1 aromatic heterocycles. The molecule has 0 amide bonds. The summed E-state index contributed by atoms with van der Waals surface area (Å²) < 4.78 is 1.39. The molecule has 0 saturated carbocycles. The number of fused-ring (bicyclic) bond motifs is 19. The second-order valence-electron chi connectivity index (χ2n) is 20.2. The fourth-order valence-electron chi connectivity index (χ4n) is 12.9. The van der Waals surface area contributed by atoms with Crippen LogP contribution in [-0.4, -0.2) is 0 Å². The fourth-order valence-corrected chi connectivity index (χ4v) is 14.3. The summed E-state index contributed by atoms with van der Waals surface area (Å²) in [5.41, 5.74) is 22.3. The van der Waals surface area contributed by atoms with E-state index in [1.165, 1.54) is 125 Å². The normalized spacial score (nSPS) is 14.9. The Morgan fingerprint density at radius 2 is 0.971 bits per heavy atom. The summed E-state index contributed by atoms with van der Waals surface area (Å²) in [7, 11) is 0. The van der Waals surface area contributed by atoms with E-state index in [2.05, 4.69) is 237 Å². The molecule has 0 fully saturated rings. The number of hydrogen-bond acceptors (Lipinski definition) is 2. The first-order chi connectivity index (χ1) is 34.5. The van der Waals surface area contributed by atoms with Gasteiger partial charge in [-0.1, -0.05) is 178 Å². The van der Waals surface area contributed by atoms with Gasteiger partial charge in [0.2, 0.25) is 0 Å². The molecule has 0 saturated heterocycles. The van der Waals surface area contributed by atoms with Gasteiger partial charge >= 0.3 is 0 Å². The summed E-state index contributed by atoms with van der Waals surface area (Å²) in [6, 6.07) is 82.7. The zero-order valence-electron chi connectivity index (χ0n) is 39.1. The van der Waals surface area contributed by atoms with Crippen molar-refractivity contribution in [3.8, 4) is 55.6 Å². The Bertz CT molecular complexity index is 4130. The van der Waals surface area contributed by atoms with Crippen LogP contribution in [0, 0.1) is 0 Å². The van der Waals surface area contributed by atoms with E-state index in [0.717, 1.165) is 29.9 Å². The summed E-state index contributed by atoms with van der Waals surface area (Å²) in [6.07, 6.45) is 2.24. The quantitative estimate of drug-likeness (QED) is 0.156. The van der Waals surface area contributed by atoms with E-state index < -0.39 is 0 Å². The first-order valence-electron chi connectivity index (χ1n) is 24.8. The van der Waals surface area contributed by atoms with E-state index >= 15 is 0 Å². The molecular formula is C68H47NS. The molecule has 15 rings (SSSR count). The van der Waals surface area contributed by atoms with Gasteiger partial charge < -0.3 is 4.90 Å². The van der Waals surface area contributed by atoms with Crippen LogP contribution in [0.25, 0.3) is 98.0 Å². The molecule has 1 unspecified atom stereocenters. The van der Waals surface area contributed by atoms with Gasteiger partial charge in [0.1, 0.15) is 0 Å². The molecule has 0 spiro atoms. The van der Waals surface area contributed by atoms with Crippen LogP contribution in [0.3, 0.4) is 0 Å². The average Bonchev–Trinajstić information content (AvgIpc) is 3.76. The maximum Gasteiger partial charge on any atom is 0.0468 e. The van der Waals surface area contributed by atoms with Crippen LogP contribution in [0.1, 0.15) is 53.3 Å². The van der Waals surface area contributed by atoms with Crippen LogP contribution in [0.15, 0.2) is 218 Å². The van der Waals surface area contributed by atoms with Crippen LogP contribution in [0.2, 0.25) is 0 Å². The van der Waals surface area contributed by atoms with Crippen molar-refractivity contribution in [1.29, 1.82) is 0 Å². The predicted octanol–water partition coefficient (Wildman–Crippen LogP) is 19.2. The maximum atomic E-state index is 2.49. The van der Waals surface area contributed by atoms with Crippen LogP contribution >= 0.6 is 11.3 Å². The fraction of sp³-hybridized carbons (Fsp3) is 0.0882. The topological polar surface area (TPSA) is 3.24 Å². The lowest BCUT2D eigenvalue weighted by molar-refractivity contribution is 0.660. The zero-order chi connectivity index (χ0) is 46.2. The highest BCUT2D eigenvalue weighted by atomic mass is 32.1. The van der Waals surface area contributed by atoms with Crippen LogP contribution in [0.4, 0.5) is 17.1 Å². The molecule has 3 aliphatic carbocycles. The van der Waals surface area contributed by atoms with Gasteiger partial charge in [0.15, 0.2) is 0 Å². The van der Waals surface area contributed by atoms with Gasteiger partial charge in [-0.05, 0) is 172 Å². The smallest absolute Gasteiger partial charge is 0.0468 e. The van der Waals surface area contributed by atoms with Gasteiger partial charge in [0.25, 0.3) is 0 Å². The minimum atomic E-state index is -0.0341. The largest absolute Gasteiger partial charge is 0.310 e. The number of hydrogen-bond donors (Lipinski definition) is 0. The molecule has 1 nitrogen and oxygen atoms in total. The molecule has 1 heterocycles. The molecule has 3 aliphatic rings. The standard InChI is InChI=1S/C68H47NS/c1-68(2)63-23-9-7-19-56(63)62-39-44(28-36-64(62)68)42-13-11-14-46(37-42)69(47-31-33-54-50-17-4-3-15-48(50)49-16-5-6-18-51(49)61(54)40-47)45-29-25-41(26-30-45)43-27-32-55-58-35-34-53-52(60(55)38-43)21-12-22-57(53)66-59-20-8-10-24-65(59)70-67(58)66/h3-33,36-40,58H,34-35H2,1-2H3. The number of benzene rings is 11. The van der Waals surface area contributed by atoms with Crippen molar-refractivity contribution in [2.45, 2.75) is 38.0 Å². The predicted molar refractivity (Wildman–Crippen MR) is 298 cm³/mol. The number of thiophene rings is 1. The lowest BCUT2D eigenvalue weighted by Gasteiger charge is -2.27. The Hall–Kier alpha value is -8.04. The Labute approximate surface area is 412 Å².